The zero-order valence-electron chi connectivity index (χ0n) is 8.91. The summed E-state index contributed by atoms with van der Waals surface area (Å²) in [5.41, 5.74) is 0.767. The summed E-state index contributed by atoms with van der Waals surface area (Å²) in [5, 5.41) is 3.84. The maximum absolute atomic E-state index is 11.7. The molecule has 0 N–H and O–H groups in total. The molecule has 0 aliphatic carbocycles. The smallest absolute Gasteiger partial charge is 0.176 e. The maximum Gasteiger partial charge on any atom is 0.176 e. The highest BCUT2D eigenvalue weighted by molar-refractivity contribution is 7.08. The van der Waals surface area contributed by atoms with Crippen LogP contribution in [0, 0.1) is 12.8 Å². The Labute approximate surface area is 88.7 Å². The zero-order valence-corrected chi connectivity index (χ0v) is 9.73. The second kappa shape index (κ2) is 5.20. The van der Waals surface area contributed by atoms with Gasteiger partial charge in [-0.15, -0.1) is 5.10 Å². The molecule has 1 aromatic heterocycles. The van der Waals surface area contributed by atoms with Crippen molar-refractivity contribution in [3.63, 3.8) is 0 Å². The molecule has 1 heterocycles. The molecule has 3 nitrogen and oxygen atoms in total. The Morgan fingerprint density at radius 2 is 2.29 bits per heavy atom. The molecule has 1 atom stereocenters. The Hall–Kier alpha value is -0.770. The summed E-state index contributed by atoms with van der Waals surface area (Å²) in [6, 6.07) is 0. The van der Waals surface area contributed by atoms with Crippen molar-refractivity contribution in [1.82, 2.24) is 9.59 Å². The number of aryl methyl sites for hydroxylation is 1. The Bertz CT molecular complexity index is 309. The number of rotatable bonds is 5. The van der Waals surface area contributed by atoms with E-state index in [1.165, 1.54) is 11.5 Å². The highest BCUT2D eigenvalue weighted by atomic mass is 32.1. The first-order valence-electron chi connectivity index (χ1n) is 4.97. The molecule has 0 radical (unpaired) electrons. The van der Waals surface area contributed by atoms with Gasteiger partial charge in [0.25, 0.3) is 0 Å². The van der Waals surface area contributed by atoms with Crippen LogP contribution in [-0.2, 0) is 0 Å². The third-order valence-corrected chi connectivity index (χ3v) is 3.09. The molecule has 14 heavy (non-hydrogen) atoms. The van der Waals surface area contributed by atoms with Crippen LogP contribution in [0.1, 0.15) is 48.5 Å². The van der Waals surface area contributed by atoms with Crippen LogP contribution in [0.2, 0.25) is 0 Å². The molecule has 78 valence electrons. The van der Waals surface area contributed by atoms with Crippen LogP contribution >= 0.6 is 11.5 Å². The second-order valence-corrected chi connectivity index (χ2v) is 4.46. The minimum absolute atomic E-state index is 0.193. The largest absolute Gasteiger partial charge is 0.293 e. The number of hydrogen-bond donors (Lipinski definition) is 0. The van der Waals surface area contributed by atoms with E-state index in [1.54, 1.807) is 0 Å². The molecule has 1 unspecified atom stereocenters. The molecular weight excluding hydrogens is 196 g/mol. The summed E-state index contributed by atoms with van der Waals surface area (Å²) in [4.78, 5) is 12.5. The van der Waals surface area contributed by atoms with E-state index < -0.39 is 0 Å². The lowest BCUT2D eigenvalue weighted by atomic mass is 9.99. The van der Waals surface area contributed by atoms with Crippen molar-refractivity contribution < 1.29 is 4.79 Å². The van der Waals surface area contributed by atoms with Crippen LogP contribution in [-0.4, -0.2) is 15.4 Å². The number of hydrogen-bond acceptors (Lipinski definition) is 4. The SMILES string of the molecule is CCCC(C)CC(=O)c1snnc1C. The second-order valence-electron chi connectivity index (χ2n) is 3.71. The summed E-state index contributed by atoms with van der Waals surface area (Å²) < 4.78 is 3.77. The van der Waals surface area contributed by atoms with Crippen LogP contribution in [0.4, 0.5) is 0 Å². The van der Waals surface area contributed by atoms with Crippen molar-refractivity contribution in [3.05, 3.63) is 10.6 Å². The number of aromatic nitrogens is 2. The minimum atomic E-state index is 0.193. The van der Waals surface area contributed by atoms with Gasteiger partial charge >= 0.3 is 0 Å². The Morgan fingerprint density at radius 3 is 2.79 bits per heavy atom. The van der Waals surface area contributed by atoms with Crippen LogP contribution in [0.3, 0.4) is 0 Å². The van der Waals surface area contributed by atoms with E-state index in [0.717, 1.165) is 23.4 Å². The number of Topliss-reactive ketones (excluding diaryl/α,β-unsaturated/α-hetero) is 1. The molecule has 0 aromatic carbocycles. The van der Waals surface area contributed by atoms with Crippen molar-refractivity contribution >= 4 is 17.3 Å². The molecule has 0 aliphatic rings. The van der Waals surface area contributed by atoms with E-state index in [1.807, 2.05) is 6.92 Å². The molecule has 0 bridgehead atoms. The maximum atomic E-state index is 11.7. The number of carbonyl (C=O) groups is 1. The highest BCUT2D eigenvalue weighted by Crippen LogP contribution is 2.17. The normalized spacial score (nSPS) is 12.8. The molecule has 1 aromatic rings. The van der Waals surface area contributed by atoms with E-state index in [0.29, 0.717) is 12.3 Å². The Morgan fingerprint density at radius 1 is 1.57 bits per heavy atom. The van der Waals surface area contributed by atoms with Gasteiger partial charge in [0.1, 0.15) is 4.88 Å². The predicted molar refractivity (Wildman–Crippen MR) is 57.7 cm³/mol. The van der Waals surface area contributed by atoms with E-state index in [4.69, 9.17) is 0 Å². The molecule has 0 aliphatic heterocycles. The summed E-state index contributed by atoms with van der Waals surface area (Å²) in [5.74, 6) is 0.660. The minimum Gasteiger partial charge on any atom is -0.293 e. The van der Waals surface area contributed by atoms with Crippen molar-refractivity contribution in [3.8, 4) is 0 Å². The van der Waals surface area contributed by atoms with E-state index in [-0.39, 0.29) is 5.78 Å². The van der Waals surface area contributed by atoms with Gasteiger partial charge in [-0.3, -0.25) is 4.79 Å². The fourth-order valence-corrected chi connectivity index (χ4v) is 2.09. The average Bonchev–Trinajstić information content (AvgIpc) is 2.51. The molecular formula is C10H16N2OS. The zero-order chi connectivity index (χ0) is 10.6. The highest BCUT2D eigenvalue weighted by Gasteiger charge is 2.15. The van der Waals surface area contributed by atoms with Crippen LogP contribution < -0.4 is 0 Å². The summed E-state index contributed by atoms with van der Waals surface area (Å²) in [6.45, 7) is 6.09. The molecule has 0 saturated heterocycles. The topological polar surface area (TPSA) is 42.9 Å². The first kappa shape index (κ1) is 11.3. The fraction of sp³-hybridized carbons (Fsp3) is 0.700. The lowest BCUT2D eigenvalue weighted by Crippen LogP contribution is -2.05. The summed E-state index contributed by atoms with van der Waals surface area (Å²) in [6.07, 6.45) is 2.87. The van der Waals surface area contributed by atoms with Crippen molar-refractivity contribution in [1.29, 1.82) is 0 Å². The monoisotopic (exact) mass is 212 g/mol. The molecule has 1 rings (SSSR count). The third kappa shape index (κ3) is 2.87. The van der Waals surface area contributed by atoms with Gasteiger partial charge in [0.2, 0.25) is 0 Å². The number of ketones is 1. The van der Waals surface area contributed by atoms with Crippen molar-refractivity contribution in [2.75, 3.05) is 0 Å². The number of carbonyl (C=O) groups excluding carboxylic acids is 1. The summed E-state index contributed by atoms with van der Waals surface area (Å²) in [7, 11) is 0. The van der Waals surface area contributed by atoms with Gasteiger partial charge in [-0.1, -0.05) is 31.2 Å². The van der Waals surface area contributed by atoms with E-state index >= 15 is 0 Å². The first-order chi connectivity index (χ1) is 6.65. The fourth-order valence-electron chi connectivity index (χ4n) is 1.49. The van der Waals surface area contributed by atoms with Gasteiger partial charge in [-0.25, -0.2) is 0 Å². The predicted octanol–water partition coefficient (Wildman–Crippen LogP) is 2.86. The van der Waals surface area contributed by atoms with Crippen molar-refractivity contribution in [2.45, 2.75) is 40.0 Å². The van der Waals surface area contributed by atoms with Crippen molar-refractivity contribution in [2.24, 2.45) is 5.92 Å². The lowest BCUT2D eigenvalue weighted by molar-refractivity contribution is 0.0966. The quantitative estimate of drug-likeness (QED) is 0.705. The molecule has 0 saturated carbocycles. The van der Waals surface area contributed by atoms with Crippen LogP contribution in [0.15, 0.2) is 0 Å². The van der Waals surface area contributed by atoms with Crippen LogP contribution in [0.25, 0.3) is 0 Å². The summed E-state index contributed by atoms with van der Waals surface area (Å²) >= 11 is 1.21. The van der Waals surface area contributed by atoms with E-state index in [2.05, 4.69) is 23.4 Å². The van der Waals surface area contributed by atoms with Gasteiger partial charge < -0.3 is 0 Å². The average molecular weight is 212 g/mol. The molecule has 4 heteroatoms. The molecule has 0 amide bonds. The Balaban J connectivity index is 2.55. The van der Waals surface area contributed by atoms with Gasteiger partial charge in [0, 0.05) is 6.42 Å². The third-order valence-electron chi connectivity index (χ3n) is 2.22. The molecule has 0 spiro atoms. The lowest BCUT2D eigenvalue weighted by Gasteiger charge is -2.07. The standard InChI is InChI=1S/C10H16N2OS/c1-4-5-7(2)6-9(13)10-8(3)11-12-14-10/h7H,4-6H2,1-3H3. The van der Waals surface area contributed by atoms with Gasteiger partial charge in [0.05, 0.1) is 5.69 Å². The van der Waals surface area contributed by atoms with Crippen LogP contribution in [0.5, 0.6) is 0 Å². The van der Waals surface area contributed by atoms with E-state index in [9.17, 15) is 4.79 Å². The van der Waals surface area contributed by atoms with Gasteiger partial charge in [-0.05, 0) is 24.4 Å². The Kier molecular flexibility index (Phi) is 4.20. The molecule has 0 fully saturated rings. The first-order valence-corrected chi connectivity index (χ1v) is 5.74. The number of nitrogens with zero attached hydrogens (tertiary/aromatic N) is 2. The van der Waals surface area contributed by atoms with Gasteiger partial charge in [-0.2, -0.15) is 0 Å². The van der Waals surface area contributed by atoms with Gasteiger partial charge in [0.15, 0.2) is 5.78 Å².